The van der Waals surface area contributed by atoms with Gasteiger partial charge in [-0.15, -0.1) is 0 Å². The van der Waals surface area contributed by atoms with Crippen molar-refractivity contribution in [2.75, 3.05) is 11.6 Å². The molecule has 2 aromatic carbocycles. The van der Waals surface area contributed by atoms with E-state index in [1.54, 1.807) is 61.5 Å². The van der Waals surface area contributed by atoms with Crippen LogP contribution in [0.4, 0.5) is 5.69 Å². The molecule has 132 valence electrons. The van der Waals surface area contributed by atoms with Crippen molar-refractivity contribution in [2.24, 2.45) is 5.10 Å². The molecule has 26 heavy (non-hydrogen) atoms. The molecule has 0 spiro atoms. The summed E-state index contributed by atoms with van der Waals surface area (Å²) in [7, 11) is 0. The summed E-state index contributed by atoms with van der Waals surface area (Å²) in [5, 5.41) is 15.0. The highest BCUT2D eigenvalue weighted by molar-refractivity contribution is 6.32. The number of hydrogen-bond donors (Lipinski definition) is 1. The molecule has 0 aliphatic carbocycles. The van der Waals surface area contributed by atoms with E-state index >= 15 is 0 Å². The van der Waals surface area contributed by atoms with E-state index in [9.17, 15) is 9.59 Å². The van der Waals surface area contributed by atoms with Crippen LogP contribution in [0, 0.1) is 0 Å². The number of aliphatic carboxylic acids is 1. The van der Waals surface area contributed by atoms with Crippen molar-refractivity contribution in [2.45, 2.75) is 6.92 Å². The number of carbonyl (C=O) groups excluding carboxylic acids is 1. The summed E-state index contributed by atoms with van der Waals surface area (Å²) in [6.45, 7) is 1.28. The lowest BCUT2D eigenvalue weighted by atomic mass is 10.1. The summed E-state index contributed by atoms with van der Waals surface area (Å²) in [6.07, 6.45) is 1.65. The first-order valence-electron chi connectivity index (χ1n) is 7.76. The number of amides is 1. The van der Waals surface area contributed by atoms with E-state index < -0.39 is 12.6 Å². The lowest BCUT2D eigenvalue weighted by molar-refractivity contribution is -0.139. The molecule has 0 radical (unpaired) electrons. The van der Waals surface area contributed by atoms with Crippen molar-refractivity contribution < 1.29 is 19.4 Å². The molecule has 1 aliphatic rings. The summed E-state index contributed by atoms with van der Waals surface area (Å²) >= 11 is 5.88. The average molecular weight is 371 g/mol. The van der Waals surface area contributed by atoms with E-state index in [0.29, 0.717) is 33.3 Å². The normalized spacial score (nSPS) is 15.3. The number of carboxylic acid groups (broad SMARTS) is 1. The second-order valence-electron chi connectivity index (χ2n) is 5.56. The molecule has 0 saturated heterocycles. The monoisotopic (exact) mass is 370 g/mol. The quantitative estimate of drug-likeness (QED) is 0.815. The number of nitrogens with zero attached hydrogens (tertiary/aromatic N) is 2. The van der Waals surface area contributed by atoms with Crippen molar-refractivity contribution in [1.82, 2.24) is 0 Å². The number of benzene rings is 2. The van der Waals surface area contributed by atoms with Crippen molar-refractivity contribution >= 4 is 41.0 Å². The zero-order valence-corrected chi connectivity index (χ0v) is 14.6. The van der Waals surface area contributed by atoms with E-state index in [2.05, 4.69) is 5.10 Å². The summed E-state index contributed by atoms with van der Waals surface area (Å²) < 4.78 is 5.28. The minimum absolute atomic E-state index is 0.280. The van der Waals surface area contributed by atoms with Gasteiger partial charge in [0, 0.05) is 10.6 Å². The minimum Gasteiger partial charge on any atom is -0.481 e. The highest BCUT2D eigenvalue weighted by Crippen LogP contribution is 2.28. The Morgan fingerprint density at radius 2 is 1.92 bits per heavy atom. The summed E-state index contributed by atoms with van der Waals surface area (Å²) in [5.74, 6) is -0.971. The lowest BCUT2D eigenvalue weighted by Gasteiger charge is -2.12. The van der Waals surface area contributed by atoms with Crippen LogP contribution in [0.3, 0.4) is 0 Å². The maximum Gasteiger partial charge on any atom is 0.341 e. The molecule has 1 amide bonds. The van der Waals surface area contributed by atoms with Crippen LogP contribution in [0.2, 0.25) is 5.02 Å². The number of ether oxygens (including phenoxy) is 1. The number of anilines is 1. The third kappa shape index (κ3) is 3.75. The number of hydrazone groups is 1. The molecule has 1 N–H and O–H groups in total. The van der Waals surface area contributed by atoms with Gasteiger partial charge < -0.3 is 9.84 Å². The fraction of sp³-hybridized carbons (Fsp3) is 0.105. The zero-order chi connectivity index (χ0) is 18.7. The first-order chi connectivity index (χ1) is 12.5. The standard InChI is InChI=1S/C19H15ClN2O4/c1-12-16(10-13-4-2-3-5-17(13)26-11-18(23)24)19(25)22(21-12)15-8-6-14(20)7-9-15/h2-10H,11H2,1H3,(H,23,24)/b16-10-. The molecular formula is C19H15ClN2O4. The number of para-hydroxylation sites is 1. The third-order valence-electron chi connectivity index (χ3n) is 3.70. The van der Waals surface area contributed by atoms with Crippen molar-refractivity contribution in [1.29, 1.82) is 0 Å². The molecule has 0 saturated carbocycles. The molecule has 0 fully saturated rings. The Morgan fingerprint density at radius 1 is 1.23 bits per heavy atom. The van der Waals surface area contributed by atoms with Gasteiger partial charge in [-0.1, -0.05) is 29.8 Å². The zero-order valence-electron chi connectivity index (χ0n) is 13.8. The molecule has 3 rings (SSSR count). The molecule has 0 atom stereocenters. The molecule has 0 unspecified atom stereocenters. The molecule has 7 heteroatoms. The highest BCUT2D eigenvalue weighted by Gasteiger charge is 2.28. The van der Waals surface area contributed by atoms with Crippen LogP contribution >= 0.6 is 11.6 Å². The first-order valence-corrected chi connectivity index (χ1v) is 8.14. The van der Waals surface area contributed by atoms with Crippen molar-refractivity contribution in [3.63, 3.8) is 0 Å². The molecule has 6 nitrogen and oxygen atoms in total. The maximum atomic E-state index is 12.8. The van der Waals surface area contributed by atoms with Gasteiger partial charge in [0.15, 0.2) is 6.61 Å². The van der Waals surface area contributed by atoms with E-state index in [-0.39, 0.29) is 5.91 Å². The Bertz CT molecular complexity index is 919. The number of hydrogen-bond acceptors (Lipinski definition) is 4. The Balaban J connectivity index is 1.91. The van der Waals surface area contributed by atoms with Crippen LogP contribution in [0.15, 0.2) is 59.2 Å². The van der Waals surface area contributed by atoms with Crippen LogP contribution < -0.4 is 9.75 Å². The van der Waals surface area contributed by atoms with Gasteiger partial charge in [0.2, 0.25) is 0 Å². The topological polar surface area (TPSA) is 79.2 Å². The van der Waals surface area contributed by atoms with E-state index in [1.165, 1.54) is 5.01 Å². The van der Waals surface area contributed by atoms with E-state index in [0.717, 1.165) is 0 Å². The molecule has 1 heterocycles. The van der Waals surface area contributed by atoms with Gasteiger partial charge in [0.25, 0.3) is 5.91 Å². The fourth-order valence-electron chi connectivity index (χ4n) is 2.47. The number of rotatable bonds is 5. The van der Waals surface area contributed by atoms with Gasteiger partial charge in [-0.25, -0.2) is 4.79 Å². The lowest BCUT2D eigenvalue weighted by Crippen LogP contribution is -2.21. The van der Waals surface area contributed by atoms with E-state index in [4.69, 9.17) is 21.4 Å². The van der Waals surface area contributed by atoms with Gasteiger partial charge in [-0.2, -0.15) is 10.1 Å². The number of carbonyl (C=O) groups is 2. The summed E-state index contributed by atoms with van der Waals surface area (Å²) in [6, 6.07) is 13.7. The molecule has 1 aliphatic heterocycles. The number of carboxylic acids is 1. The SMILES string of the molecule is CC1=NN(c2ccc(Cl)cc2)C(=O)/C1=C\c1ccccc1OCC(=O)O. The van der Waals surface area contributed by atoms with E-state index in [1.807, 2.05) is 0 Å². The van der Waals surface area contributed by atoms with Gasteiger partial charge in [0.05, 0.1) is 17.0 Å². The Labute approximate surface area is 155 Å². The fourth-order valence-corrected chi connectivity index (χ4v) is 2.59. The van der Waals surface area contributed by atoms with Crippen LogP contribution in [0.5, 0.6) is 5.75 Å². The van der Waals surface area contributed by atoms with Gasteiger partial charge in [-0.05, 0) is 43.3 Å². The Kier molecular flexibility index (Phi) is 5.04. The van der Waals surface area contributed by atoms with Crippen LogP contribution in [0.25, 0.3) is 6.08 Å². The largest absolute Gasteiger partial charge is 0.481 e. The van der Waals surface area contributed by atoms with Crippen molar-refractivity contribution in [3.05, 3.63) is 64.7 Å². The Hall–Kier alpha value is -3.12. The van der Waals surface area contributed by atoms with Gasteiger partial charge >= 0.3 is 5.97 Å². The first kappa shape index (κ1) is 17.7. The highest BCUT2D eigenvalue weighted by atomic mass is 35.5. The molecule has 2 aromatic rings. The second-order valence-corrected chi connectivity index (χ2v) is 5.99. The minimum atomic E-state index is -1.07. The smallest absolute Gasteiger partial charge is 0.341 e. The number of halogens is 1. The molecular weight excluding hydrogens is 356 g/mol. The van der Waals surface area contributed by atoms with Gasteiger partial charge in [-0.3, -0.25) is 4.79 Å². The van der Waals surface area contributed by atoms with Gasteiger partial charge in [0.1, 0.15) is 5.75 Å². The van der Waals surface area contributed by atoms with Crippen LogP contribution in [-0.2, 0) is 9.59 Å². The Morgan fingerprint density at radius 3 is 2.62 bits per heavy atom. The molecule has 0 bridgehead atoms. The molecule has 0 aromatic heterocycles. The van der Waals surface area contributed by atoms with Crippen LogP contribution in [-0.4, -0.2) is 29.3 Å². The average Bonchev–Trinajstić information content (AvgIpc) is 2.90. The predicted molar refractivity (Wildman–Crippen MR) is 99.6 cm³/mol. The second kappa shape index (κ2) is 7.41. The predicted octanol–water partition coefficient (Wildman–Crippen LogP) is 3.61. The summed E-state index contributed by atoms with van der Waals surface area (Å²) in [5.41, 5.74) is 2.17. The maximum absolute atomic E-state index is 12.8. The van der Waals surface area contributed by atoms with Crippen LogP contribution in [0.1, 0.15) is 12.5 Å². The van der Waals surface area contributed by atoms with Crippen molar-refractivity contribution in [3.8, 4) is 5.75 Å². The third-order valence-corrected chi connectivity index (χ3v) is 3.96. The summed E-state index contributed by atoms with van der Waals surface area (Å²) in [4.78, 5) is 23.5.